The van der Waals surface area contributed by atoms with Crippen molar-refractivity contribution in [3.63, 3.8) is 0 Å². The molecule has 3 amide bonds. The Hall–Kier alpha value is -3.75. The number of phenols is 1. The first-order valence-corrected chi connectivity index (χ1v) is 11.6. The summed E-state index contributed by atoms with van der Waals surface area (Å²) in [6, 6.07) is -0.197. The van der Waals surface area contributed by atoms with Gasteiger partial charge in [0.05, 0.1) is 18.6 Å². The average Bonchev–Trinajstić information content (AvgIpc) is 2.82. The fourth-order valence-corrected chi connectivity index (χ4v) is 3.29. The lowest BCUT2D eigenvalue weighted by Crippen LogP contribution is -2.60. The van der Waals surface area contributed by atoms with Crippen LogP contribution in [0.1, 0.15) is 38.2 Å². The van der Waals surface area contributed by atoms with E-state index in [0.29, 0.717) is 24.9 Å². The molecule has 5 atom stereocenters. The van der Waals surface area contributed by atoms with Crippen molar-refractivity contribution >= 4 is 29.7 Å². The van der Waals surface area contributed by atoms with Crippen LogP contribution < -0.4 is 27.4 Å². The van der Waals surface area contributed by atoms with E-state index in [9.17, 15) is 44.4 Å². The molecule has 1 aromatic rings. The number of rotatable bonds is 16. The summed E-state index contributed by atoms with van der Waals surface area (Å²) in [5.74, 6) is -5.83. The number of phenolic OH excluding ortho intramolecular Hbond substituents is 1. The third-order valence-corrected chi connectivity index (χ3v) is 5.37. The van der Waals surface area contributed by atoms with Crippen molar-refractivity contribution in [2.75, 3.05) is 6.54 Å². The second kappa shape index (κ2) is 15.4. The zero-order chi connectivity index (χ0) is 28.1. The highest BCUT2D eigenvalue weighted by Crippen LogP contribution is 2.12. The van der Waals surface area contributed by atoms with Gasteiger partial charge in [-0.05, 0) is 44.0 Å². The van der Waals surface area contributed by atoms with Gasteiger partial charge >= 0.3 is 11.9 Å². The Morgan fingerprint density at radius 2 is 1.49 bits per heavy atom. The minimum absolute atomic E-state index is 0.0415. The Kier molecular flexibility index (Phi) is 13.0. The highest BCUT2D eigenvalue weighted by atomic mass is 16.4. The topological polar surface area (TPSA) is 254 Å². The van der Waals surface area contributed by atoms with E-state index in [2.05, 4.69) is 16.0 Å². The number of benzene rings is 1. The number of hydrogen-bond acceptors (Lipinski definition) is 9. The summed E-state index contributed by atoms with van der Waals surface area (Å²) in [6.45, 7) is 1.62. The molecule has 0 aliphatic carbocycles. The van der Waals surface area contributed by atoms with E-state index in [-0.39, 0.29) is 18.6 Å². The van der Waals surface area contributed by atoms with E-state index in [4.69, 9.17) is 11.5 Å². The second-order valence-electron chi connectivity index (χ2n) is 8.55. The van der Waals surface area contributed by atoms with E-state index in [0.717, 1.165) is 0 Å². The molecular weight excluding hydrogens is 490 g/mol. The summed E-state index contributed by atoms with van der Waals surface area (Å²) in [5, 5.41) is 44.7. The number of hydrogen-bond donors (Lipinski definition) is 9. The highest BCUT2D eigenvalue weighted by molar-refractivity contribution is 5.95. The van der Waals surface area contributed by atoms with Crippen LogP contribution in [-0.4, -0.2) is 86.9 Å². The van der Waals surface area contributed by atoms with Crippen molar-refractivity contribution in [2.45, 2.75) is 69.3 Å². The summed E-state index contributed by atoms with van der Waals surface area (Å²) in [4.78, 5) is 60.9. The van der Waals surface area contributed by atoms with Gasteiger partial charge in [-0.2, -0.15) is 0 Å². The minimum Gasteiger partial charge on any atom is -0.508 e. The molecule has 0 bridgehead atoms. The number of aromatic hydroxyl groups is 1. The lowest BCUT2D eigenvalue weighted by atomic mass is 10.0. The van der Waals surface area contributed by atoms with Crippen LogP contribution in [0.2, 0.25) is 0 Å². The molecule has 0 spiro atoms. The molecule has 0 saturated carbocycles. The molecule has 0 radical (unpaired) electrons. The van der Waals surface area contributed by atoms with Crippen molar-refractivity contribution in [1.82, 2.24) is 16.0 Å². The SMILES string of the molecule is CC(O)C(NC(=O)C(N)CCCCN)C(=O)NC(CC(=O)O)C(=O)NC(Cc1ccc(O)cc1)C(=O)O. The van der Waals surface area contributed by atoms with Crippen LogP contribution in [0.25, 0.3) is 0 Å². The maximum atomic E-state index is 12.8. The largest absolute Gasteiger partial charge is 0.508 e. The molecule has 0 aliphatic heterocycles. The Morgan fingerprint density at radius 1 is 0.892 bits per heavy atom. The fraction of sp³-hybridized carbons (Fsp3) is 0.522. The molecule has 11 N–H and O–H groups in total. The number of carboxylic acids is 2. The molecule has 206 valence electrons. The number of carbonyl (C=O) groups excluding carboxylic acids is 3. The first-order valence-electron chi connectivity index (χ1n) is 11.6. The third kappa shape index (κ3) is 11.2. The molecule has 0 aromatic heterocycles. The predicted octanol–water partition coefficient (Wildman–Crippen LogP) is -2.21. The van der Waals surface area contributed by atoms with Crippen molar-refractivity contribution in [3.05, 3.63) is 29.8 Å². The molecule has 14 nitrogen and oxygen atoms in total. The van der Waals surface area contributed by atoms with Crippen LogP contribution in [0.4, 0.5) is 0 Å². The van der Waals surface area contributed by atoms with Crippen LogP contribution in [0.5, 0.6) is 5.75 Å². The van der Waals surface area contributed by atoms with E-state index in [1.807, 2.05) is 0 Å². The number of unbranched alkanes of at least 4 members (excludes halogenated alkanes) is 1. The van der Waals surface area contributed by atoms with Crippen molar-refractivity contribution < 1.29 is 44.4 Å². The van der Waals surface area contributed by atoms with Gasteiger partial charge in [0.25, 0.3) is 0 Å². The summed E-state index contributed by atoms with van der Waals surface area (Å²) in [6.07, 6.45) is -1.05. The van der Waals surface area contributed by atoms with E-state index >= 15 is 0 Å². The normalized spacial score (nSPS) is 14.9. The number of aliphatic hydroxyl groups is 1. The van der Waals surface area contributed by atoms with Crippen LogP contribution >= 0.6 is 0 Å². The molecular formula is C23H35N5O9. The number of aliphatic carboxylic acids is 2. The van der Waals surface area contributed by atoms with Gasteiger partial charge < -0.3 is 47.8 Å². The van der Waals surface area contributed by atoms with Gasteiger partial charge in [0, 0.05) is 6.42 Å². The smallest absolute Gasteiger partial charge is 0.326 e. The van der Waals surface area contributed by atoms with Gasteiger partial charge in [-0.3, -0.25) is 19.2 Å². The maximum absolute atomic E-state index is 12.8. The molecule has 0 heterocycles. The van der Waals surface area contributed by atoms with Gasteiger partial charge in [-0.1, -0.05) is 18.6 Å². The zero-order valence-electron chi connectivity index (χ0n) is 20.4. The molecule has 1 aromatic carbocycles. The Balaban J connectivity index is 2.95. The first-order chi connectivity index (χ1) is 17.3. The monoisotopic (exact) mass is 525 g/mol. The van der Waals surface area contributed by atoms with Gasteiger partial charge in [0.2, 0.25) is 17.7 Å². The fourth-order valence-electron chi connectivity index (χ4n) is 3.29. The number of carboxylic acid groups (broad SMARTS) is 2. The van der Waals surface area contributed by atoms with Crippen molar-refractivity contribution in [1.29, 1.82) is 0 Å². The Bertz CT molecular complexity index is 939. The van der Waals surface area contributed by atoms with Gasteiger partial charge in [0.15, 0.2) is 0 Å². The van der Waals surface area contributed by atoms with Crippen LogP contribution in [0, 0.1) is 0 Å². The Labute approximate surface area is 213 Å². The van der Waals surface area contributed by atoms with Crippen LogP contribution in [0.3, 0.4) is 0 Å². The maximum Gasteiger partial charge on any atom is 0.326 e. The molecule has 14 heteroatoms. The lowest BCUT2D eigenvalue weighted by molar-refractivity contribution is -0.143. The van der Waals surface area contributed by atoms with E-state index < -0.39 is 66.4 Å². The standard InChI is InChI=1S/C23H35N5O9/c1-12(29)19(28-20(33)15(25)4-2-3-9-24)22(35)26-16(11-18(31)32)21(34)27-17(23(36)37)10-13-5-7-14(30)8-6-13/h5-8,12,15-17,19,29-30H,2-4,9-11,24-25H2,1H3,(H,26,35)(H,27,34)(H,28,33)(H,31,32)(H,36,37). The average molecular weight is 526 g/mol. The van der Waals surface area contributed by atoms with Gasteiger partial charge in [-0.15, -0.1) is 0 Å². The number of aliphatic hydroxyl groups excluding tert-OH is 1. The highest BCUT2D eigenvalue weighted by Gasteiger charge is 2.33. The summed E-state index contributed by atoms with van der Waals surface area (Å²) in [5.41, 5.74) is 11.7. The van der Waals surface area contributed by atoms with Crippen LogP contribution in [-0.2, 0) is 30.4 Å². The minimum atomic E-state index is -1.72. The Morgan fingerprint density at radius 3 is 2.00 bits per heavy atom. The van der Waals surface area contributed by atoms with E-state index in [1.165, 1.54) is 31.2 Å². The summed E-state index contributed by atoms with van der Waals surface area (Å²) < 4.78 is 0. The third-order valence-electron chi connectivity index (χ3n) is 5.37. The lowest BCUT2D eigenvalue weighted by Gasteiger charge is -2.26. The number of carbonyl (C=O) groups is 5. The van der Waals surface area contributed by atoms with Crippen molar-refractivity contribution in [3.8, 4) is 5.75 Å². The molecule has 5 unspecified atom stereocenters. The molecule has 0 fully saturated rings. The van der Waals surface area contributed by atoms with Gasteiger partial charge in [0.1, 0.15) is 23.9 Å². The first kappa shape index (κ1) is 31.3. The van der Waals surface area contributed by atoms with Gasteiger partial charge in [-0.25, -0.2) is 4.79 Å². The summed E-state index contributed by atoms with van der Waals surface area (Å²) >= 11 is 0. The molecule has 1 rings (SSSR count). The number of nitrogens with two attached hydrogens (primary N) is 2. The molecule has 0 saturated heterocycles. The second-order valence-corrected chi connectivity index (χ2v) is 8.55. The number of amides is 3. The van der Waals surface area contributed by atoms with Crippen molar-refractivity contribution in [2.24, 2.45) is 11.5 Å². The predicted molar refractivity (Wildman–Crippen MR) is 130 cm³/mol. The number of nitrogens with one attached hydrogen (secondary N) is 3. The van der Waals surface area contributed by atoms with Crippen LogP contribution in [0.15, 0.2) is 24.3 Å². The molecule has 0 aliphatic rings. The summed E-state index contributed by atoms with van der Waals surface area (Å²) in [7, 11) is 0. The quantitative estimate of drug-likeness (QED) is 0.104. The molecule has 37 heavy (non-hydrogen) atoms. The zero-order valence-corrected chi connectivity index (χ0v) is 20.4. The van der Waals surface area contributed by atoms with E-state index in [1.54, 1.807) is 0 Å².